The van der Waals surface area contributed by atoms with E-state index in [1.165, 1.54) is 5.57 Å². The topological polar surface area (TPSA) is 191 Å². The van der Waals surface area contributed by atoms with Gasteiger partial charge in [0.15, 0.2) is 12.4 Å². The van der Waals surface area contributed by atoms with Crippen LogP contribution in [0.1, 0.15) is 99.3 Å². The minimum Gasteiger partial charge on any atom is -0.481 e. The number of carboxylic acids is 2. The Kier molecular flexibility index (Phi) is 8.22. The van der Waals surface area contributed by atoms with E-state index >= 15 is 0 Å². The average molecular weight is 663 g/mol. The lowest BCUT2D eigenvalue weighted by Crippen LogP contribution is -2.68. The molecule has 4 saturated carbocycles. The Bertz CT molecular complexity index is 1350. The normalized spacial score (nSPS) is 53.7. The molecule has 0 aromatic heterocycles. The first-order valence-electron chi connectivity index (χ1n) is 17.4. The van der Waals surface area contributed by atoms with Crippen LogP contribution in [0, 0.1) is 50.2 Å². The third kappa shape index (κ3) is 4.62. The standard InChI is InChI=1S/C36H54O11/c1-31(2)13-14-36(30(44)45)19(15-31)18-7-8-21-32(3)11-10-23(46-29-26(41)24(39)25(40)27(47-29)28(42)43)33(4,17-37)20(32)9-12-34(21,5)35(18,6)16-22(36)38/h7,17,19-27,29,38-41H,8-16H2,1-6H3,(H,42,43)(H,44,45). The van der Waals surface area contributed by atoms with Gasteiger partial charge in [-0.1, -0.05) is 53.2 Å². The maximum atomic E-state index is 13.1. The molecule has 1 aliphatic heterocycles. The molecule has 1 saturated heterocycles. The van der Waals surface area contributed by atoms with Crippen LogP contribution in [0.2, 0.25) is 0 Å². The van der Waals surface area contributed by atoms with Crippen LogP contribution >= 0.6 is 0 Å². The molecule has 15 unspecified atom stereocenters. The van der Waals surface area contributed by atoms with E-state index in [1.807, 2.05) is 6.92 Å². The van der Waals surface area contributed by atoms with Crippen LogP contribution < -0.4 is 0 Å². The molecule has 0 aromatic rings. The highest BCUT2D eigenvalue weighted by atomic mass is 16.7. The third-order valence-corrected chi connectivity index (χ3v) is 15.1. The van der Waals surface area contributed by atoms with Crippen molar-refractivity contribution in [3.8, 4) is 0 Å². The van der Waals surface area contributed by atoms with Gasteiger partial charge >= 0.3 is 11.9 Å². The second kappa shape index (κ2) is 11.1. The maximum Gasteiger partial charge on any atom is 0.335 e. The lowest BCUT2D eigenvalue weighted by Gasteiger charge is -2.71. The molecule has 6 aliphatic rings. The van der Waals surface area contributed by atoms with Crippen LogP contribution in [-0.4, -0.2) is 91.8 Å². The minimum absolute atomic E-state index is 0.0395. The number of carboxylic acid groups (broad SMARTS) is 2. The molecule has 47 heavy (non-hydrogen) atoms. The van der Waals surface area contributed by atoms with E-state index in [-0.39, 0.29) is 34.0 Å². The third-order valence-electron chi connectivity index (χ3n) is 15.1. The highest BCUT2D eigenvalue weighted by Gasteiger charge is 2.72. The zero-order chi connectivity index (χ0) is 34.7. The Hall–Kier alpha value is -1.89. The fourth-order valence-corrected chi connectivity index (χ4v) is 12.1. The Labute approximate surface area is 276 Å². The smallest absolute Gasteiger partial charge is 0.335 e. The molecule has 0 bridgehead atoms. The lowest BCUT2D eigenvalue weighted by atomic mass is 9.33. The van der Waals surface area contributed by atoms with Crippen LogP contribution in [0.25, 0.3) is 0 Å². The van der Waals surface area contributed by atoms with Gasteiger partial charge in [0.05, 0.1) is 17.6 Å². The zero-order valence-electron chi connectivity index (χ0n) is 28.5. The van der Waals surface area contributed by atoms with E-state index in [0.717, 1.165) is 25.5 Å². The van der Waals surface area contributed by atoms with Gasteiger partial charge < -0.3 is 44.9 Å². The van der Waals surface area contributed by atoms with Gasteiger partial charge in [0.1, 0.15) is 30.0 Å². The molecule has 5 aliphatic carbocycles. The van der Waals surface area contributed by atoms with Crippen molar-refractivity contribution in [2.75, 3.05) is 0 Å². The van der Waals surface area contributed by atoms with Crippen molar-refractivity contribution in [3.63, 3.8) is 0 Å². The number of fused-ring (bicyclic) bond motifs is 7. The number of aliphatic hydroxyl groups is 4. The van der Waals surface area contributed by atoms with Gasteiger partial charge in [-0.3, -0.25) is 4.79 Å². The first-order chi connectivity index (χ1) is 21.7. The average Bonchev–Trinajstić information content (AvgIpc) is 2.98. The molecule has 0 radical (unpaired) electrons. The molecule has 0 spiro atoms. The summed E-state index contributed by atoms with van der Waals surface area (Å²) < 4.78 is 11.6. The number of allylic oxidation sites excluding steroid dienone is 2. The number of hydrogen-bond donors (Lipinski definition) is 6. The fraction of sp³-hybridized carbons (Fsp3) is 0.861. The summed E-state index contributed by atoms with van der Waals surface area (Å²) in [6.07, 6.45) is -1.60. The molecule has 11 heteroatoms. The van der Waals surface area contributed by atoms with Gasteiger partial charge in [-0.15, -0.1) is 0 Å². The van der Waals surface area contributed by atoms with Crippen LogP contribution in [0.15, 0.2) is 11.6 Å². The largest absolute Gasteiger partial charge is 0.481 e. The van der Waals surface area contributed by atoms with Crippen molar-refractivity contribution in [1.82, 2.24) is 0 Å². The maximum absolute atomic E-state index is 13.1. The van der Waals surface area contributed by atoms with Crippen molar-refractivity contribution < 1.29 is 54.5 Å². The van der Waals surface area contributed by atoms with Gasteiger partial charge in [0.2, 0.25) is 0 Å². The zero-order valence-corrected chi connectivity index (χ0v) is 28.5. The molecular formula is C36H54O11. The van der Waals surface area contributed by atoms with Crippen molar-refractivity contribution in [2.24, 2.45) is 50.2 Å². The number of ether oxygens (including phenoxy) is 2. The number of hydrogen-bond acceptors (Lipinski definition) is 9. The Morgan fingerprint density at radius 2 is 1.55 bits per heavy atom. The van der Waals surface area contributed by atoms with E-state index in [4.69, 9.17) is 9.47 Å². The van der Waals surface area contributed by atoms with Crippen molar-refractivity contribution in [1.29, 1.82) is 0 Å². The van der Waals surface area contributed by atoms with Crippen LogP contribution in [0.3, 0.4) is 0 Å². The monoisotopic (exact) mass is 662 g/mol. The Morgan fingerprint density at radius 1 is 0.872 bits per heavy atom. The Balaban J connectivity index is 1.33. The van der Waals surface area contributed by atoms with E-state index in [0.29, 0.717) is 38.5 Å². The summed E-state index contributed by atoms with van der Waals surface area (Å²) >= 11 is 0. The first-order valence-corrected chi connectivity index (χ1v) is 17.4. The van der Waals surface area contributed by atoms with Gasteiger partial charge in [0.25, 0.3) is 0 Å². The van der Waals surface area contributed by atoms with Crippen molar-refractivity contribution in [3.05, 3.63) is 11.6 Å². The van der Waals surface area contributed by atoms with Gasteiger partial charge in [0, 0.05) is 0 Å². The number of rotatable bonds is 5. The second-order valence-corrected chi connectivity index (χ2v) is 17.7. The van der Waals surface area contributed by atoms with Crippen LogP contribution in [0.4, 0.5) is 0 Å². The SMILES string of the molecule is CC1(C)CCC2(C(=O)O)C(O)CC3(C)C(=CCC4C5(C)CCC(OC6OC(C(=O)O)C(O)C(O)C6O)C(C)(C=O)C5CCC43C)C2C1. The summed E-state index contributed by atoms with van der Waals surface area (Å²) in [6, 6.07) is 0. The molecule has 6 N–H and O–H groups in total. The van der Waals surface area contributed by atoms with Gasteiger partial charge in [-0.05, 0) is 97.2 Å². The predicted octanol–water partition coefficient (Wildman–Crippen LogP) is 3.30. The Morgan fingerprint density at radius 3 is 2.17 bits per heavy atom. The molecule has 1 heterocycles. The van der Waals surface area contributed by atoms with Crippen LogP contribution in [0.5, 0.6) is 0 Å². The molecule has 0 amide bonds. The van der Waals surface area contributed by atoms with Gasteiger partial charge in [-0.2, -0.15) is 0 Å². The second-order valence-electron chi connectivity index (χ2n) is 17.7. The summed E-state index contributed by atoms with van der Waals surface area (Å²) in [7, 11) is 0. The molecule has 11 nitrogen and oxygen atoms in total. The summed E-state index contributed by atoms with van der Waals surface area (Å²) in [5.74, 6) is -2.65. The fourth-order valence-electron chi connectivity index (χ4n) is 12.1. The summed E-state index contributed by atoms with van der Waals surface area (Å²) in [5, 5.41) is 63.2. The van der Waals surface area contributed by atoms with Gasteiger partial charge in [-0.25, -0.2) is 4.79 Å². The minimum atomic E-state index is -1.84. The summed E-state index contributed by atoms with van der Waals surface area (Å²) in [6.45, 7) is 13.0. The summed E-state index contributed by atoms with van der Waals surface area (Å²) in [5.41, 5.74) is -2.10. The summed E-state index contributed by atoms with van der Waals surface area (Å²) in [4.78, 5) is 37.8. The number of aliphatic carboxylic acids is 2. The number of carbonyl (C=O) groups excluding carboxylic acids is 1. The van der Waals surface area contributed by atoms with Crippen molar-refractivity contribution >= 4 is 18.2 Å². The van der Waals surface area contributed by atoms with E-state index in [2.05, 4.69) is 40.7 Å². The number of carbonyl (C=O) groups is 3. The highest BCUT2D eigenvalue weighted by molar-refractivity contribution is 5.77. The number of aldehydes is 1. The molecule has 15 atom stereocenters. The predicted molar refractivity (Wildman–Crippen MR) is 168 cm³/mol. The molecule has 5 fully saturated rings. The van der Waals surface area contributed by atoms with E-state index < -0.39 is 71.1 Å². The van der Waals surface area contributed by atoms with Crippen molar-refractivity contribution in [2.45, 2.75) is 142 Å². The molecule has 264 valence electrons. The van der Waals surface area contributed by atoms with E-state index in [1.54, 1.807) is 0 Å². The lowest BCUT2D eigenvalue weighted by molar-refractivity contribution is -0.321. The first kappa shape index (κ1) is 35.0. The quantitative estimate of drug-likeness (QED) is 0.144. The molecule has 0 aromatic carbocycles. The molecular weight excluding hydrogens is 608 g/mol. The highest BCUT2D eigenvalue weighted by Crippen LogP contribution is 2.75. The number of aliphatic hydroxyl groups excluding tert-OH is 4. The van der Waals surface area contributed by atoms with E-state index in [9.17, 15) is 45.0 Å². The molecule has 6 rings (SSSR count). The van der Waals surface area contributed by atoms with Crippen LogP contribution in [-0.2, 0) is 23.9 Å².